The first-order valence-electron chi connectivity index (χ1n) is 5.60. The molecular formula is C12H14N4. The topological polar surface area (TPSA) is 42.7 Å². The van der Waals surface area contributed by atoms with Crippen LogP contribution >= 0.6 is 0 Å². The summed E-state index contributed by atoms with van der Waals surface area (Å²) in [5, 5.41) is 3.32. The van der Waals surface area contributed by atoms with E-state index in [1.807, 2.05) is 24.4 Å². The first-order chi connectivity index (χ1) is 7.90. The normalized spacial score (nSPS) is 14.1. The zero-order valence-corrected chi connectivity index (χ0v) is 9.27. The second kappa shape index (κ2) is 3.72. The van der Waals surface area contributed by atoms with Crippen molar-refractivity contribution in [3.05, 3.63) is 35.8 Å². The van der Waals surface area contributed by atoms with Gasteiger partial charge in [0.2, 0.25) is 0 Å². The molecule has 0 aromatic carbocycles. The summed E-state index contributed by atoms with van der Waals surface area (Å²) in [5.74, 6) is 0.995. The van der Waals surface area contributed by atoms with Crippen molar-refractivity contribution in [1.82, 2.24) is 19.9 Å². The largest absolute Gasteiger partial charge is 0.325 e. The molecule has 0 atom stereocenters. The number of hydrogen-bond acceptors (Lipinski definition) is 3. The highest BCUT2D eigenvalue weighted by molar-refractivity contribution is 5.52. The second-order valence-electron chi connectivity index (χ2n) is 3.89. The molecular weight excluding hydrogens is 200 g/mol. The van der Waals surface area contributed by atoms with E-state index in [0.717, 1.165) is 31.2 Å². The van der Waals surface area contributed by atoms with Crippen molar-refractivity contribution in [3.63, 3.8) is 0 Å². The van der Waals surface area contributed by atoms with Crippen LogP contribution < -0.4 is 5.32 Å². The Balaban J connectivity index is 2.15. The van der Waals surface area contributed by atoms with Gasteiger partial charge in [0.15, 0.2) is 5.82 Å². The van der Waals surface area contributed by atoms with Crippen molar-refractivity contribution in [3.8, 4) is 11.5 Å². The van der Waals surface area contributed by atoms with Gasteiger partial charge in [0, 0.05) is 25.8 Å². The molecule has 3 heterocycles. The molecule has 1 aliphatic rings. The molecule has 0 unspecified atom stereocenters. The molecule has 1 aliphatic heterocycles. The number of fused-ring (bicyclic) bond motifs is 1. The summed E-state index contributed by atoms with van der Waals surface area (Å²) in [6, 6.07) is 5.94. The van der Waals surface area contributed by atoms with Crippen LogP contribution in [0.25, 0.3) is 11.5 Å². The summed E-state index contributed by atoms with van der Waals surface area (Å²) in [6.07, 6.45) is 1.81. The predicted molar refractivity (Wildman–Crippen MR) is 61.7 cm³/mol. The average Bonchev–Trinajstić information content (AvgIpc) is 2.89. The molecule has 0 saturated carbocycles. The van der Waals surface area contributed by atoms with Gasteiger partial charge in [-0.2, -0.15) is 0 Å². The highest BCUT2D eigenvalue weighted by Crippen LogP contribution is 2.23. The number of aromatic nitrogens is 3. The lowest BCUT2D eigenvalue weighted by Crippen LogP contribution is -2.08. The molecule has 4 heteroatoms. The molecule has 3 rings (SSSR count). The van der Waals surface area contributed by atoms with Crippen LogP contribution in [0.1, 0.15) is 18.3 Å². The summed E-state index contributed by atoms with van der Waals surface area (Å²) >= 11 is 0. The van der Waals surface area contributed by atoms with E-state index in [2.05, 4.69) is 26.8 Å². The third-order valence-corrected chi connectivity index (χ3v) is 2.95. The zero-order valence-electron chi connectivity index (χ0n) is 9.27. The summed E-state index contributed by atoms with van der Waals surface area (Å²) in [7, 11) is 0. The van der Waals surface area contributed by atoms with Crippen LogP contribution in [0.15, 0.2) is 24.4 Å². The maximum atomic E-state index is 4.67. The molecule has 0 bridgehead atoms. The average molecular weight is 214 g/mol. The summed E-state index contributed by atoms with van der Waals surface area (Å²) < 4.78 is 2.25. The van der Waals surface area contributed by atoms with Gasteiger partial charge in [0.1, 0.15) is 5.69 Å². The molecule has 2 aromatic heterocycles. The first kappa shape index (κ1) is 9.54. The molecule has 0 aliphatic carbocycles. The Kier molecular flexibility index (Phi) is 2.22. The molecule has 2 aromatic rings. The van der Waals surface area contributed by atoms with Crippen molar-refractivity contribution in [1.29, 1.82) is 0 Å². The van der Waals surface area contributed by atoms with Gasteiger partial charge < -0.3 is 9.88 Å². The Bertz CT molecular complexity index is 501. The van der Waals surface area contributed by atoms with Gasteiger partial charge in [-0.25, -0.2) is 4.98 Å². The number of imidazole rings is 1. The van der Waals surface area contributed by atoms with Crippen molar-refractivity contribution in [2.45, 2.75) is 26.6 Å². The third kappa shape index (κ3) is 1.34. The highest BCUT2D eigenvalue weighted by atomic mass is 15.2. The van der Waals surface area contributed by atoms with E-state index in [4.69, 9.17) is 0 Å². The van der Waals surface area contributed by atoms with Crippen LogP contribution in [0.4, 0.5) is 0 Å². The van der Waals surface area contributed by atoms with Crippen LogP contribution in [0.5, 0.6) is 0 Å². The van der Waals surface area contributed by atoms with Crippen molar-refractivity contribution >= 4 is 0 Å². The minimum Gasteiger partial charge on any atom is -0.325 e. The zero-order chi connectivity index (χ0) is 11.0. The van der Waals surface area contributed by atoms with Crippen LogP contribution in [-0.4, -0.2) is 14.5 Å². The van der Waals surface area contributed by atoms with Crippen LogP contribution in [0.3, 0.4) is 0 Å². The quantitative estimate of drug-likeness (QED) is 0.825. The fraction of sp³-hybridized carbons (Fsp3) is 0.333. The first-order valence-corrected chi connectivity index (χ1v) is 5.60. The van der Waals surface area contributed by atoms with E-state index in [-0.39, 0.29) is 0 Å². The van der Waals surface area contributed by atoms with Gasteiger partial charge in [0.05, 0.1) is 11.4 Å². The van der Waals surface area contributed by atoms with Crippen LogP contribution in [-0.2, 0) is 19.6 Å². The van der Waals surface area contributed by atoms with Crippen LogP contribution in [0, 0.1) is 0 Å². The second-order valence-corrected chi connectivity index (χ2v) is 3.89. The van der Waals surface area contributed by atoms with Gasteiger partial charge in [-0.15, -0.1) is 0 Å². The van der Waals surface area contributed by atoms with E-state index in [0.29, 0.717) is 0 Å². The highest BCUT2D eigenvalue weighted by Gasteiger charge is 2.21. The van der Waals surface area contributed by atoms with Crippen LogP contribution in [0.2, 0.25) is 0 Å². The van der Waals surface area contributed by atoms with Gasteiger partial charge in [-0.3, -0.25) is 4.98 Å². The van der Waals surface area contributed by atoms with Gasteiger partial charge in [-0.1, -0.05) is 6.07 Å². The Hall–Kier alpha value is -1.68. The predicted octanol–water partition coefficient (Wildman–Crippen LogP) is 1.57. The van der Waals surface area contributed by atoms with E-state index < -0.39 is 0 Å². The third-order valence-electron chi connectivity index (χ3n) is 2.95. The van der Waals surface area contributed by atoms with E-state index in [9.17, 15) is 0 Å². The number of pyridine rings is 1. The van der Waals surface area contributed by atoms with E-state index >= 15 is 0 Å². The Morgan fingerprint density at radius 1 is 1.38 bits per heavy atom. The molecule has 0 spiro atoms. The Labute approximate surface area is 94.4 Å². The molecule has 0 fully saturated rings. The van der Waals surface area contributed by atoms with Crippen molar-refractivity contribution < 1.29 is 0 Å². The van der Waals surface area contributed by atoms with E-state index in [1.54, 1.807) is 0 Å². The lowest BCUT2D eigenvalue weighted by molar-refractivity contribution is 0.676. The summed E-state index contributed by atoms with van der Waals surface area (Å²) in [6.45, 7) is 4.88. The molecule has 16 heavy (non-hydrogen) atoms. The molecule has 82 valence electrons. The van der Waals surface area contributed by atoms with Crippen molar-refractivity contribution in [2.75, 3.05) is 0 Å². The maximum absolute atomic E-state index is 4.67. The molecule has 0 saturated heterocycles. The Morgan fingerprint density at radius 2 is 2.31 bits per heavy atom. The monoisotopic (exact) mass is 214 g/mol. The number of nitrogens with one attached hydrogen (secondary N) is 1. The van der Waals surface area contributed by atoms with Gasteiger partial charge in [0.25, 0.3) is 0 Å². The molecule has 4 nitrogen and oxygen atoms in total. The molecule has 1 N–H and O–H groups in total. The molecule has 0 amide bonds. The summed E-state index contributed by atoms with van der Waals surface area (Å²) in [4.78, 5) is 9.04. The smallest absolute Gasteiger partial charge is 0.159 e. The minimum absolute atomic E-state index is 0.877. The standard InChI is InChI=1S/C12H14N4/c1-2-16-11-8-13-7-10(11)15-12(16)9-5-3-4-6-14-9/h3-6,13H,2,7-8H2,1H3. The summed E-state index contributed by atoms with van der Waals surface area (Å²) in [5.41, 5.74) is 3.43. The Morgan fingerprint density at radius 3 is 3.06 bits per heavy atom. The fourth-order valence-corrected chi connectivity index (χ4v) is 2.21. The number of rotatable bonds is 2. The lowest BCUT2D eigenvalue weighted by Gasteiger charge is -2.07. The van der Waals surface area contributed by atoms with Gasteiger partial charge >= 0.3 is 0 Å². The number of nitrogens with zero attached hydrogens (tertiary/aromatic N) is 3. The van der Waals surface area contributed by atoms with Gasteiger partial charge in [-0.05, 0) is 19.1 Å². The van der Waals surface area contributed by atoms with Crippen molar-refractivity contribution in [2.24, 2.45) is 0 Å². The SMILES string of the molecule is CCn1c(-c2ccccn2)nc2c1CNC2. The van der Waals surface area contributed by atoms with E-state index in [1.165, 1.54) is 11.4 Å². The lowest BCUT2D eigenvalue weighted by atomic mass is 10.3. The number of hydrogen-bond donors (Lipinski definition) is 1. The fourth-order valence-electron chi connectivity index (χ4n) is 2.21. The maximum Gasteiger partial charge on any atom is 0.159 e. The minimum atomic E-state index is 0.877. The molecule has 0 radical (unpaired) electrons.